The summed E-state index contributed by atoms with van der Waals surface area (Å²) in [5, 5.41) is 15.3. The summed E-state index contributed by atoms with van der Waals surface area (Å²) in [6.07, 6.45) is 4.04. The molecule has 2 aromatic heterocycles. The average Bonchev–Trinajstić information content (AvgIpc) is 3.44. The van der Waals surface area contributed by atoms with E-state index in [1.807, 2.05) is 28.8 Å². The molecule has 2 aromatic carbocycles. The number of amides is 2. The molecule has 160 valence electrons. The van der Waals surface area contributed by atoms with Gasteiger partial charge in [0.1, 0.15) is 0 Å². The molecule has 0 bridgehead atoms. The lowest BCUT2D eigenvalue weighted by atomic mass is 9.95. The first-order valence-corrected chi connectivity index (χ1v) is 10.1. The molecular formula is C23H19N5O4. The number of hydrogen-bond acceptors (Lipinski definition) is 5. The Morgan fingerprint density at radius 3 is 2.50 bits per heavy atom. The summed E-state index contributed by atoms with van der Waals surface area (Å²) < 4.78 is 1.85. The predicted octanol–water partition coefficient (Wildman–Crippen LogP) is 2.95. The van der Waals surface area contributed by atoms with E-state index in [-0.39, 0.29) is 16.8 Å². The average molecular weight is 429 g/mol. The van der Waals surface area contributed by atoms with Gasteiger partial charge in [-0.15, -0.1) is 0 Å². The topological polar surface area (TPSA) is 136 Å². The third kappa shape index (κ3) is 2.90. The number of non-ortho nitro benzene ring substituents is 1. The molecule has 0 saturated heterocycles. The van der Waals surface area contributed by atoms with Crippen molar-refractivity contribution in [2.45, 2.75) is 13.0 Å². The number of nitrogens with one attached hydrogen (secondary N) is 2. The van der Waals surface area contributed by atoms with E-state index in [9.17, 15) is 19.7 Å². The molecule has 0 fully saturated rings. The lowest BCUT2D eigenvalue weighted by Gasteiger charge is -2.03. The molecular weight excluding hydrogens is 410 g/mol. The summed E-state index contributed by atoms with van der Waals surface area (Å²) in [7, 11) is 0. The van der Waals surface area contributed by atoms with Crippen molar-refractivity contribution < 1.29 is 14.5 Å². The van der Waals surface area contributed by atoms with Crippen LogP contribution in [0, 0.1) is 10.1 Å². The zero-order valence-corrected chi connectivity index (χ0v) is 16.9. The van der Waals surface area contributed by atoms with Crippen LogP contribution in [0.3, 0.4) is 0 Å². The summed E-state index contributed by atoms with van der Waals surface area (Å²) in [6.45, 7) is 0.978. The number of nitro benzene ring substituents is 1. The van der Waals surface area contributed by atoms with Crippen molar-refractivity contribution in [3.8, 4) is 0 Å². The van der Waals surface area contributed by atoms with E-state index in [1.165, 1.54) is 6.07 Å². The largest absolute Gasteiger partial charge is 0.361 e. The number of fused-ring (bicyclic) bond motifs is 2. The van der Waals surface area contributed by atoms with Gasteiger partial charge in [-0.1, -0.05) is 24.3 Å². The summed E-state index contributed by atoms with van der Waals surface area (Å²) in [6, 6.07) is 12.2. The Bertz CT molecular complexity index is 1460. The number of imide groups is 1. The highest BCUT2D eigenvalue weighted by Gasteiger charge is 2.36. The summed E-state index contributed by atoms with van der Waals surface area (Å²) in [4.78, 5) is 40.3. The second-order valence-corrected chi connectivity index (χ2v) is 7.59. The second kappa shape index (κ2) is 7.47. The van der Waals surface area contributed by atoms with Crippen molar-refractivity contribution >= 4 is 50.5 Å². The summed E-state index contributed by atoms with van der Waals surface area (Å²) in [5.41, 5.74) is 8.22. The van der Waals surface area contributed by atoms with Gasteiger partial charge in [0, 0.05) is 47.0 Å². The lowest BCUT2D eigenvalue weighted by molar-refractivity contribution is -0.383. The number of aromatic nitrogens is 2. The highest BCUT2D eigenvalue weighted by molar-refractivity contribution is 6.51. The molecule has 0 atom stereocenters. The van der Waals surface area contributed by atoms with Crippen molar-refractivity contribution in [3.63, 3.8) is 0 Å². The Kier molecular flexibility index (Phi) is 4.60. The fourth-order valence-corrected chi connectivity index (χ4v) is 4.37. The van der Waals surface area contributed by atoms with Crippen LogP contribution in [0.1, 0.15) is 17.5 Å². The molecule has 5 rings (SSSR count). The fraction of sp³-hybridized carbons (Fsp3) is 0.130. The van der Waals surface area contributed by atoms with Crippen LogP contribution in [0.2, 0.25) is 0 Å². The number of aryl methyl sites for hydroxylation is 1. The molecule has 0 aliphatic carbocycles. The van der Waals surface area contributed by atoms with Gasteiger partial charge >= 0.3 is 0 Å². The van der Waals surface area contributed by atoms with Gasteiger partial charge in [0.2, 0.25) is 0 Å². The van der Waals surface area contributed by atoms with Crippen LogP contribution in [0.25, 0.3) is 33.0 Å². The van der Waals surface area contributed by atoms with Crippen LogP contribution in [-0.4, -0.2) is 32.8 Å². The van der Waals surface area contributed by atoms with Gasteiger partial charge in [0.15, 0.2) is 0 Å². The Morgan fingerprint density at radius 1 is 1.00 bits per heavy atom. The molecule has 0 spiro atoms. The zero-order chi connectivity index (χ0) is 22.4. The first-order chi connectivity index (χ1) is 15.5. The van der Waals surface area contributed by atoms with Gasteiger partial charge in [-0.2, -0.15) is 0 Å². The Morgan fingerprint density at radius 2 is 1.75 bits per heavy atom. The van der Waals surface area contributed by atoms with Crippen LogP contribution < -0.4 is 11.1 Å². The van der Waals surface area contributed by atoms with E-state index >= 15 is 0 Å². The van der Waals surface area contributed by atoms with Crippen LogP contribution >= 0.6 is 0 Å². The number of hydrogen-bond donors (Lipinski definition) is 3. The number of para-hydroxylation sites is 1. The maximum atomic E-state index is 13.0. The van der Waals surface area contributed by atoms with Gasteiger partial charge < -0.3 is 15.3 Å². The Labute approximate surface area is 181 Å². The minimum Gasteiger partial charge on any atom is -0.361 e. The SMILES string of the molecule is NCCCn1cc(C2=C(c3c[nH]c4ccccc34)C(=O)NC2=O)c2c([N+](=O)[O-])cccc21. The van der Waals surface area contributed by atoms with Gasteiger partial charge in [-0.3, -0.25) is 25.0 Å². The minimum absolute atomic E-state index is 0.123. The Balaban J connectivity index is 1.85. The highest BCUT2D eigenvalue weighted by atomic mass is 16.6. The zero-order valence-electron chi connectivity index (χ0n) is 16.9. The van der Waals surface area contributed by atoms with Crippen molar-refractivity contribution in [1.82, 2.24) is 14.9 Å². The fourth-order valence-electron chi connectivity index (χ4n) is 4.37. The molecule has 1 aliphatic rings. The first-order valence-electron chi connectivity index (χ1n) is 10.1. The molecule has 4 aromatic rings. The molecule has 3 heterocycles. The smallest absolute Gasteiger partial charge is 0.279 e. The molecule has 0 radical (unpaired) electrons. The third-order valence-electron chi connectivity index (χ3n) is 5.74. The number of nitrogens with two attached hydrogens (primary N) is 1. The minimum atomic E-state index is -0.577. The number of carbonyl (C=O) groups excluding carboxylic acids is 2. The Hall–Kier alpha value is -4.24. The number of carbonyl (C=O) groups is 2. The quantitative estimate of drug-likeness (QED) is 0.246. The predicted molar refractivity (Wildman–Crippen MR) is 121 cm³/mol. The number of nitrogens with zero attached hydrogens (tertiary/aromatic N) is 2. The van der Waals surface area contributed by atoms with Crippen molar-refractivity contribution in [3.05, 3.63) is 76.1 Å². The van der Waals surface area contributed by atoms with Crippen LogP contribution in [0.4, 0.5) is 5.69 Å². The monoisotopic (exact) mass is 429 g/mol. The standard InChI is InChI=1S/C23H19N5O4/c24-9-4-10-27-12-15(19-17(27)7-3-8-18(19)28(31)32)21-20(22(29)26-23(21)30)14-11-25-16-6-2-1-5-13(14)16/h1-3,5-8,11-12,25H,4,9-10,24H2,(H,26,29,30). The number of aromatic amines is 1. The summed E-state index contributed by atoms with van der Waals surface area (Å²) in [5.74, 6) is -1.11. The summed E-state index contributed by atoms with van der Waals surface area (Å²) >= 11 is 0. The van der Waals surface area contributed by atoms with Gasteiger partial charge in [0.25, 0.3) is 17.5 Å². The molecule has 32 heavy (non-hydrogen) atoms. The van der Waals surface area contributed by atoms with Crippen molar-refractivity contribution in [2.24, 2.45) is 5.73 Å². The van der Waals surface area contributed by atoms with E-state index in [0.717, 1.165) is 10.9 Å². The normalized spacial score (nSPS) is 14.0. The van der Waals surface area contributed by atoms with Gasteiger partial charge in [-0.05, 0) is 25.1 Å². The molecule has 0 saturated carbocycles. The number of rotatable bonds is 6. The van der Waals surface area contributed by atoms with E-state index in [4.69, 9.17) is 5.73 Å². The van der Waals surface area contributed by atoms with Crippen LogP contribution in [-0.2, 0) is 16.1 Å². The van der Waals surface area contributed by atoms with Gasteiger partial charge in [-0.25, -0.2) is 0 Å². The third-order valence-corrected chi connectivity index (χ3v) is 5.74. The molecule has 2 amide bonds. The first kappa shape index (κ1) is 19.7. The van der Waals surface area contributed by atoms with E-state index in [0.29, 0.717) is 41.5 Å². The second-order valence-electron chi connectivity index (χ2n) is 7.59. The molecule has 9 nitrogen and oxygen atoms in total. The number of benzene rings is 2. The lowest BCUT2D eigenvalue weighted by Crippen LogP contribution is -2.22. The van der Waals surface area contributed by atoms with E-state index < -0.39 is 16.7 Å². The van der Waals surface area contributed by atoms with Crippen LogP contribution in [0.15, 0.2) is 54.9 Å². The molecule has 0 unspecified atom stereocenters. The number of H-pyrrole nitrogens is 1. The van der Waals surface area contributed by atoms with Gasteiger partial charge in [0.05, 0.1) is 27.0 Å². The van der Waals surface area contributed by atoms with Crippen LogP contribution in [0.5, 0.6) is 0 Å². The van der Waals surface area contributed by atoms with E-state index in [2.05, 4.69) is 10.3 Å². The molecule has 1 aliphatic heterocycles. The molecule has 9 heteroatoms. The van der Waals surface area contributed by atoms with E-state index in [1.54, 1.807) is 24.5 Å². The van der Waals surface area contributed by atoms with Crippen molar-refractivity contribution in [1.29, 1.82) is 0 Å². The van der Waals surface area contributed by atoms with Crippen molar-refractivity contribution in [2.75, 3.05) is 6.54 Å². The molecule has 4 N–H and O–H groups in total. The maximum Gasteiger partial charge on any atom is 0.279 e. The maximum absolute atomic E-state index is 13.0. The number of nitro groups is 1. The highest BCUT2D eigenvalue weighted by Crippen LogP contribution is 2.41.